The molecule has 5 heteroatoms. The first kappa shape index (κ1) is 17.2. The quantitative estimate of drug-likeness (QED) is 0.402. The Bertz CT molecular complexity index is 1120. The number of carbonyl (C=O) groups excluding carboxylic acids is 1. The second-order valence-corrected chi connectivity index (χ2v) is 6.79. The van der Waals surface area contributed by atoms with Crippen molar-refractivity contribution in [3.63, 3.8) is 0 Å². The van der Waals surface area contributed by atoms with E-state index in [1.54, 1.807) is 12.1 Å². The summed E-state index contributed by atoms with van der Waals surface area (Å²) in [4.78, 5) is 15.8. The van der Waals surface area contributed by atoms with Crippen LogP contribution in [0.3, 0.4) is 0 Å². The van der Waals surface area contributed by atoms with Gasteiger partial charge in [-0.05, 0) is 43.3 Å². The number of halogens is 1. The summed E-state index contributed by atoms with van der Waals surface area (Å²) < 4.78 is 0. The second-order valence-electron chi connectivity index (χ2n) is 6.38. The van der Waals surface area contributed by atoms with Crippen LogP contribution in [0.25, 0.3) is 10.9 Å². The van der Waals surface area contributed by atoms with E-state index in [1.807, 2.05) is 67.6 Å². The van der Waals surface area contributed by atoms with Crippen LogP contribution in [0.15, 0.2) is 72.8 Å². The molecule has 0 atom stereocenters. The van der Waals surface area contributed by atoms with E-state index < -0.39 is 0 Å². The molecular weight excluding hydrogens is 358 g/mol. The van der Waals surface area contributed by atoms with Gasteiger partial charge in [0.2, 0.25) is 0 Å². The lowest BCUT2D eigenvalue weighted by Gasteiger charge is -2.13. The Hall–Kier alpha value is -3.24. The topological polar surface area (TPSA) is 56.9 Å². The van der Waals surface area contributed by atoms with Gasteiger partial charge in [-0.1, -0.05) is 53.6 Å². The summed E-state index contributed by atoms with van der Waals surface area (Å²) in [6.07, 6.45) is 0. The maximum absolute atomic E-state index is 12.7. The van der Waals surface area contributed by atoms with E-state index in [9.17, 15) is 4.79 Å². The molecule has 0 unspecified atom stereocenters. The Morgan fingerprint density at radius 3 is 2.41 bits per heavy atom. The molecule has 0 bridgehead atoms. The number of para-hydroxylation sites is 3. The zero-order chi connectivity index (χ0) is 18.8. The van der Waals surface area contributed by atoms with Crippen LogP contribution in [0.2, 0.25) is 5.02 Å². The minimum Gasteiger partial charge on any atom is -0.354 e. The first-order chi connectivity index (χ1) is 13.1. The first-order valence-corrected chi connectivity index (χ1v) is 8.99. The molecule has 0 saturated carbocycles. The van der Waals surface area contributed by atoms with Gasteiger partial charge in [0.15, 0.2) is 0 Å². The van der Waals surface area contributed by atoms with Crippen LogP contribution < -0.4 is 10.6 Å². The number of fused-ring (bicyclic) bond motifs is 1. The van der Waals surface area contributed by atoms with Gasteiger partial charge in [0, 0.05) is 11.1 Å². The Morgan fingerprint density at radius 1 is 0.926 bits per heavy atom. The Morgan fingerprint density at radius 2 is 1.67 bits per heavy atom. The summed E-state index contributed by atoms with van der Waals surface area (Å²) in [5.74, 6) is -0.222. The maximum atomic E-state index is 12.7. The molecule has 1 aromatic heterocycles. The van der Waals surface area contributed by atoms with E-state index in [2.05, 4.69) is 15.6 Å². The van der Waals surface area contributed by atoms with E-state index in [1.165, 1.54) is 5.56 Å². The number of carbonyl (C=O) groups is 1. The fourth-order valence-electron chi connectivity index (χ4n) is 2.92. The van der Waals surface area contributed by atoms with Crippen LogP contribution in [0.4, 0.5) is 17.1 Å². The van der Waals surface area contributed by atoms with Crippen molar-refractivity contribution in [1.82, 2.24) is 4.98 Å². The average molecular weight is 376 g/mol. The van der Waals surface area contributed by atoms with Crippen molar-refractivity contribution in [3.8, 4) is 0 Å². The van der Waals surface area contributed by atoms with Gasteiger partial charge in [-0.25, -0.2) is 0 Å². The molecule has 3 N–H and O–H groups in total. The molecule has 0 fully saturated rings. The monoisotopic (exact) mass is 375 g/mol. The van der Waals surface area contributed by atoms with Crippen molar-refractivity contribution in [2.24, 2.45) is 0 Å². The van der Waals surface area contributed by atoms with E-state index in [0.29, 0.717) is 16.4 Å². The fourth-order valence-corrected chi connectivity index (χ4v) is 3.15. The van der Waals surface area contributed by atoms with Gasteiger partial charge >= 0.3 is 0 Å². The minimum absolute atomic E-state index is 0.222. The van der Waals surface area contributed by atoms with Crippen molar-refractivity contribution in [2.75, 3.05) is 10.6 Å². The number of anilines is 3. The molecule has 3 aromatic carbocycles. The smallest absolute Gasteiger partial charge is 0.272 e. The van der Waals surface area contributed by atoms with Gasteiger partial charge in [-0.2, -0.15) is 0 Å². The Balaban J connectivity index is 1.59. The van der Waals surface area contributed by atoms with E-state index in [-0.39, 0.29) is 5.91 Å². The summed E-state index contributed by atoms with van der Waals surface area (Å²) in [6, 6.07) is 23.1. The van der Waals surface area contributed by atoms with Crippen molar-refractivity contribution in [1.29, 1.82) is 0 Å². The molecule has 134 valence electrons. The Kier molecular flexibility index (Phi) is 4.57. The van der Waals surface area contributed by atoms with E-state index in [0.717, 1.165) is 22.3 Å². The van der Waals surface area contributed by atoms with E-state index in [4.69, 9.17) is 11.6 Å². The molecule has 0 aliphatic rings. The predicted octanol–water partition coefficient (Wildman–Crippen LogP) is 6.13. The Labute approximate surface area is 162 Å². The zero-order valence-electron chi connectivity index (χ0n) is 14.7. The molecular formula is C22H18ClN3O. The molecule has 4 aromatic rings. The molecule has 4 rings (SSSR count). The van der Waals surface area contributed by atoms with Gasteiger partial charge in [0.05, 0.1) is 21.9 Å². The van der Waals surface area contributed by atoms with E-state index >= 15 is 0 Å². The highest BCUT2D eigenvalue weighted by Gasteiger charge is 2.13. The number of amides is 1. The SMILES string of the molecule is Cc1ccc(Nc2ccccc2NC(=O)c2cc3cccc(Cl)c3[nH]2)cc1. The predicted molar refractivity (Wildman–Crippen MR) is 112 cm³/mol. The summed E-state index contributed by atoms with van der Waals surface area (Å²) >= 11 is 6.19. The lowest BCUT2D eigenvalue weighted by atomic mass is 10.2. The van der Waals surface area contributed by atoms with Crippen LogP contribution in [-0.2, 0) is 0 Å². The number of aromatic nitrogens is 1. The molecule has 27 heavy (non-hydrogen) atoms. The van der Waals surface area contributed by atoms with Crippen LogP contribution >= 0.6 is 11.6 Å². The highest BCUT2D eigenvalue weighted by molar-refractivity contribution is 6.35. The lowest BCUT2D eigenvalue weighted by molar-refractivity contribution is 0.102. The summed E-state index contributed by atoms with van der Waals surface area (Å²) in [5.41, 5.74) is 4.90. The van der Waals surface area contributed by atoms with Gasteiger partial charge in [0.1, 0.15) is 5.69 Å². The standard InChI is InChI=1S/C22H18ClN3O/c1-14-9-11-16(12-10-14)24-18-7-2-3-8-19(18)26-22(27)20-13-15-5-4-6-17(23)21(15)25-20/h2-13,24-25H,1H3,(H,26,27). The third-order valence-electron chi connectivity index (χ3n) is 4.36. The van der Waals surface area contributed by atoms with Crippen molar-refractivity contribution >= 4 is 45.5 Å². The summed E-state index contributed by atoms with van der Waals surface area (Å²) in [5, 5.41) is 7.80. The van der Waals surface area contributed by atoms with Gasteiger partial charge in [-0.15, -0.1) is 0 Å². The van der Waals surface area contributed by atoms with Gasteiger partial charge in [-0.3, -0.25) is 4.79 Å². The van der Waals surface area contributed by atoms with Crippen LogP contribution in [0.5, 0.6) is 0 Å². The highest BCUT2D eigenvalue weighted by Crippen LogP contribution is 2.27. The number of aromatic amines is 1. The molecule has 0 saturated heterocycles. The van der Waals surface area contributed by atoms with Crippen molar-refractivity contribution in [3.05, 3.63) is 89.1 Å². The second kappa shape index (κ2) is 7.17. The highest BCUT2D eigenvalue weighted by atomic mass is 35.5. The normalized spacial score (nSPS) is 10.7. The molecule has 0 radical (unpaired) electrons. The number of hydrogen-bond donors (Lipinski definition) is 3. The molecule has 0 aliphatic carbocycles. The van der Waals surface area contributed by atoms with Gasteiger partial charge < -0.3 is 15.6 Å². The molecule has 0 aliphatic heterocycles. The summed E-state index contributed by atoms with van der Waals surface area (Å²) in [6.45, 7) is 2.05. The number of aryl methyl sites for hydroxylation is 1. The molecule has 0 spiro atoms. The fraction of sp³-hybridized carbons (Fsp3) is 0.0455. The van der Waals surface area contributed by atoms with Crippen molar-refractivity contribution in [2.45, 2.75) is 6.92 Å². The number of benzene rings is 3. The van der Waals surface area contributed by atoms with Crippen molar-refractivity contribution < 1.29 is 4.79 Å². The third-order valence-corrected chi connectivity index (χ3v) is 4.67. The van der Waals surface area contributed by atoms with Gasteiger partial charge in [0.25, 0.3) is 5.91 Å². The maximum Gasteiger partial charge on any atom is 0.272 e. The average Bonchev–Trinajstić information content (AvgIpc) is 3.11. The minimum atomic E-state index is -0.222. The number of rotatable bonds is 4. The number of nitrogens with one attached hydrogen (secondary N) is 3. The van der Waals surface area contributed by atoms with Crippen LogP contribution in [0.1, 0.15) is 16.1 Å². The van der Waals surface area contributed by atoms with Crippen LogP contribution in [-0.4, -0.2) is 10.9 Å². The van der Waals surface area contributed by atoms with Crippen LogP contribution in [0, 0.1) is 6.92 Å². The largest absolute Gasteiger partial charge is 0.354 e. The molecule has 1 amide bonds. The number of hydrogen-bond acceptors (Lipinski definition) is 2. The zero-order valence-corrected chi connectivity index (χ0v) is 15.5. The first-order valence-electron chi connectivity index (χ1n) is 8.61. The third kappa shape index (κ3) is 3.66. The molecule has 1 heterocycles. The number of H-pyrrole nitrogens is 1. The molecule has 4 nitrogen and oxygen atoms in total. The summed E-state index contributed by atoms with van der Waals surface area (Å²) in [7, 11) is 0. The lowest BCUT2D eigenvalue weighted by Crippen LogP contribution is -2.13.